The summed E-state index contributed by atoms with van der Waals surface area (Å²) in [7, 11) is 0. The molecule has 16 heavy (non-hydrogen) atoms. The zero-order valence-electron chi connectivity index (χ0n) is 8.71. The molecule has 0 aliphatic heterocycles. The molecule has 4 heteroatoms. The van der Waals surface area contributed by atoms with Crippen molar-refractivity contribution in [2.75, 3.05) is 0 Å². The van der Waals surface area contributed by atoms with Gasteiger partial charge >= 0.3 is 0 Å². The van der Waals surface area contributed by atoms with Gasteiger partial charge in [-0.1, -0.05) is 11.2 Å². The lowest BCUT2D eigenvalue weighted by Gasteiger charge is -1.97. The van der Waals surface area contributed by atoms with Gasteiger partial charge in [0.1, 0.15) is 17.7 Å². The second kappa shape index (κ2) is 5.11. The van der Waals surface area contributed by atoms with E-state index >= 15 is 0 Å². The first-order valence-electron chi connectivity index (χ1n) is 5.03. The molecule has 1 N–H and O–H groups in total. The minimum atomic E-state index is 0.559. The number of aryl methyl sites for hydroxylation is 2. The Hall–Kier alpha value is -2.10. The number of pyridine rings is 1. The van der Waals surface area contributed by atoms with Crippen LogP contribution >= 0.6 is 0 Å². The summed E-state index contributed by atoms with van der Waals surface area (Å²) >= 11 is 0. The lowest BCUT2D eigenvalue weighted by atomic mass is 10.1. The van der Waals surface area contributed by atoms with Crippen molar-refractivity contribution in [3.63, 3.8) is 0 Å². The molecule has 0 aromatic carbocycles. The first kappa shape index (κ1) is 10.4. The van der Waals surface area contributed by atoms with E-state index in [9.17, 15) is 0 Å². The Balaban J connectivity index is 1.94. The van der Waals surface area contributed by atoms with Gasteiger partial charge in [0.15, 0.2) is 0 Å². The second-order valence-electron chi connectivity index (χ2n) is 3.41. The molecule has 0 atom stereocenters. The van der Waals surface area contributed by atoms with E-state index in [4.69, 9.17) is 9.62 Å². The third kappa shape index (κ3) is 2.70. The number of aromatic nitrogens is 1. The SMILES string of the molecule is O/N=C\c1ccc(CCc2cccnc2)o1. The van der Waals surface area contributed by atoms with Crippen LogP contribution in [0.25, 0.3) is 0 Å². The summed E-state index contributed by atoms with van der Waals surface area (Å²) in [5, 5.41) is 11.2. The number of nitrogens with zero attached hydrogens (tertiary/aromatic N) is 2. The molecule has 0 fully saturated rings. The Labute approximate surface area is 93.2 Å². The van der Waals surface area contributed by atoms with Crippen molar-refractivity contribution >= 4 is 6.21 Å². The van der Waals surface area contributed by atoms with E-state index in [1.165, 1.54) is 11.8 Å². The van der Waals surface area contributed by atoms with Crippen molar-refractivity contribution in [3.8, 4) is 0 Å². The fourth-order valence-electron chi connectivity index (χ4n) is 1.47. The van der Waals surface area contributed by atoms with Crippen LogP contribution in [0.15, 0.2) is 46.2 Å². The summed E-state index contributed by atoms with van der Waals surface area (Å²) in [5.74, 6) is 1.43. The molecule has 0 saturated heterocycles. The van der Waals surface area contributed by atoms with E-state index in [2.05, 4.69) is 10.1 Å². The first-order valence-corrected chi connectivity index (χ1v) is 5.03. The van der Waals surface area contributed by atoms with E-state index in [0.29, 0.717) is 5.76 Å². The lowest BCUT2D eigenvalue weighted by Crippen LogP contribution is -1.89. The Morgan fingerprint density at radius 3 is 3.00 bits per heavy atom. The van der Waals surface area contributed by atoms with E-state index in [0.717, 1.165) is 18.6 Å². The van der Waals surface area contributed by atoms with Crippen LogP contribution in [0.4, 0.5) is 0 Å². The van der Waals surface area contributed by atoms with E-state index < -0.39 is 0 Å². The van der Waals surface area contributed by atoms with Crippen LogP contribution in [0, 0.1) is 0 Å². The lowest BCUT2D eigenvalue weighted by molar-refractivity contribution is 0.320. The van der Waals surface area contributed by atoms with Crippen molar-refractivity contribution < 1.29 is 9.62 Å². The van der Waals surface area contributed by atoms with Crippen LogP contribution in [0.5, 0.6) is 0 Å². The number of rotatable bonds is 4. The quantitative estimate of drug-likeness (QED) is 0.484. The smallest absolute Gasteiger partial charge is 0.148 e. The first-order chi connectivity index (χ1) is 7.88. The highest BCUT2D eigenvalue weighted by Crippen LogP contribution is 2.09. The molecule has 0 unspecified atom stereocenters. The van der Waals surface area contributed by atoms with Gasteiger partial charge in [-0.2, -0.15) is 0 Å². The standard InChI is InChI=1S/C12H12N2O2/c15-14-9-12-6-5-11(16-12)4-3-10-2-1-7-13-8-10/h1-2,5-9,15H,3-4H2/b14-9-. The summed E-state index contributed by atoms with van der Waals surface area (Å²) < 4.78 is 5.42. The summed E-state index contributed by atoms with van der Waals surface area (Å²) in [4.78, 5) is 4.05. The topological polar surface area (TPSA) is 58.6 Å². The van der Waals surface area contributed by atoms with Crippen LogP contribution in [0.3, 0.4) is 0 Å². The number of hydrogen-bond acceptors (Lipinski definition) is 4. The van der Waals surface area contributed by atoms with Gasteiger partial charge in [0.05, 0.1) is 0 Å². The second-order valence-corrected chi connectivity index (χ2v) is 3.41. The molecule has 0 spiro atoms. The van der Waals surface area contributed by atoms with E-state index in [1.54, 1.807) is 12.3 Å². The Kier molecular flexibility index (Phi) is 3.33. The van der Waals surface area contributed by atoms with Crippen LogP contribution in [0.1, 0.15) is 17.1 Å². The zero-order chi connectivity index (χ0) is 11.2. The highest BCUT2D eigenvalue weighted by Gasteiger charge is 2.01. The van der Waals surface area contributed by atoms with Crippen LogP contribution in [0.2, 0.25) is 0 Å². The highest BCUT2D eigenvalue weighted by atomic mass is 16.4. The molecule has 2 heterocycles. The number of oxime groups is 1. The number of hydrogen-bond donors (Lipinski definition) is 1. The van der Waals surface area contributed by atoms with Gasteiger partial charge < -0.3 is 9.62 Å². The minimum Gasteiger partial charge on any atom is -0.460 e. The summed E-state index contributed by atoms with van der Waals surface area (Å²) in [6.45, 7) is 0. The van der Waals surface area contributed by atoms with Gasteiger partial charge in [-0.3, -0.25) is 4.98 Å². The van der Waals surface area contributed by atoms with Crippen molar-refractivity contribution in [1.82, 2.24) is 4.98 Å². The molecule has 0 amide bonds. The van der Waals surface area contributed by atoms with Gasteiger partial charge in [0.25, 0.3) is 0 Å². The van der Waals surface area contributed by atoms with Crippen molar-refractivity contribution in [3.05, 3.63) is 53.7 Å². The molecule has 0 bridgehead atoms. The zero-order valence-corrected chi connectivity index (χ0v) is 8.71. The predicted octanol–water partition coefficient (Wildman–Crippen LogP) is 2.27. The molecule has 0 saturated carbocycles. The molecule has 0 aliphatic rings. The van der Waals surface area contributed by atoms with Gasteiger partial charge in [-0.15, -0.1) is 0 Å². The largest absolute Gasteiger partial charge is 0.460 e. The van der Waals surface area contributed by atoms with Gasteiger partial charge in [-0.05, 0) is 30.2 Å². The van der Waals surface area contributed by atoms with Crippen LogP contribution < -0.4 is 0 Å². The Morgan fingerprint density at radius 1 is 1.31 bits per heavy atom. The molecule has 2 aromatic rings. The maximum Gasteiger partial charge on any atom is 0.148 e. The molecular weight excluding hydrogens is 204 g/mol. The molecular formula is C12H12N2O2. The highest BCUT2D eigenvalue weighted by molar-refractivity contribution is 5.75. The average Bonchev–Trinajstić information content (AvgIpc) is 2.76. The third-order valence-electron chi connectivity index (χ3n) is 2.25. The van der Waals surface area contributed by atoms with Gasteiger partial charge in [-0.25, -0.2) is 0 Å². The molecule has 2 rings (SSSR count). The third-order valence-corrected chi connectivity index (χ3v) is 2.25. The molecule has 0 radical (unpaired) electrons. The Morgan fingerprint density at radius 2 is 2.25 bits per heavy atom. The normalized spacial score (nSPS) is 11.0. The summed E-state index contributed by atoms with van der Waals surface area (Å²) in [5.41, 5.74) is 1.18. The molecule has 0 aliphatic carbocycles. The molecule has 2 aromatic heterocycles. The van der Waals surface area contributed by atoms with Gasteiger partial charge in [0.2, 0.25) is 0 Å². The van der Waals surface area contributed by atoms with E-state index in [-0.39, 0.29) is 0 Å². The maximum absolute atomic E-state index is 8.34. The minimum absolute atomic E-state index is 0.559. The summed E-state index contributed by atoms with van der Waals surface area (Å²) in [6, 6.07) is 7.61. The predicted molar refractivity (Wildman–Crippen MR) is 59.7 cm³/mol. The van der Waals surface area contributed by atoms with Gasteiger partial charge in [0, 0.05) is 18.8 Å². The van der Waals surface area contributed by atoms with Crippen LogP contribution in [-0.2, 0) is 12.8 Å². The fraction of sp³-hybridized carbons (Fsp3) is 0.167. The summed E-state index contributed by atoms with van der Waals surface area (Å²) in [6.07, 6.45) is 6.57. The average molecular weight is 216 g/mol. The number of furan rings is 1. The van der Waals surface area contributed by atoms with E-state index in [1.807, 2.05) is 24.4 Å². The monoisotopic (exact) mass is 216 g/mol. The fourth-order valence-corrected chi connectivity index (χ4v) is 1.47. The maximum atomic E-state index is 8.34. The van der Waals surface area contributed by atoms with Crippen LogP contribution in [-0.4, -0.2) is 16.4 Å². The van der Waals surface area contributed by atoms with Crippen molar-refractivity contribution in [2.45, 2.75) is 12.8 Å². The van der Waals surface area contributed by atoms with Crippen molar-refractivity contribution in [2.24, 2.45) is 5.16 Å². The Bertz CT molecular complexity index is 463. The molecule has 82 valence electrons. The van der Waals surface area contributed by atoms with Crippen molar-refractivity contribution in [1.29, 1.82) is 0 Å². The molecule has 4 nitrogen and oxygen atoms in total.